The van der Waals surface area contributed by atoms with Gasteiger partial charge in [0.25, 0.3) is 0 Å². The molecule has 0 fully saturated rings. The molecule has 1 aromatic carbocycles. The van der Waals surface area contributed by atoms with Crippen molar-refractivity contribution in [2.45, 2.75) is 19.8 Å². The Balaban J connectivity index is 0. The number of rotatable bonds is 2. The van der Waals surface area contributed by atoms with E-state index in [9.17, 15) is 8.78 Å². The van der Waals surface area contributed by atoms with Gasteiger partial charge in [0.15, 0.2) is 11.6 Å². The van der Waals surface area contributed by atoms with Crippen LogP contribution >= 0.6 is 0 Å². The second-order valence-corrected chi connectivity index (χ2v) is 2.87. The molecule has 0 spiro atoms. The van der Waals surface area contributed by atoms with Gasteiger partial charge in [0.2, 0.25) is 0 Å². The minimum absolute atomic E-state index is 0. The monoisotopic (exact) mass is 222 g/mol. The summed E-state index contributed by atoms with van der Waals surface area (Å²) < 4.78 is 24.9. The molecule has 0 heterocycles. The Bertz CT molecular complexity index is 296. The predicted molar refractivity (Wildman–Crippen MR) is 56.4 cm³/mol. The van der Waals surface area contributed by atoms with Crippen LogP contribution in [0.15, 0.2) is 18.2 Å². The van der Waals surface area contributed by atoms with Crippen molar-refractivity contribution in [2.75, 3.05) is 0 Å². The van der Waals surface area contributed by atoms with Gasteiger partial charge in [0.1, 0.15) is 0 Å². The van der Waals surface area contributed by atoms with E-state index in [2.05, 4.69) is 13.8 Å². The van der Waals surface area contributed by atoms with E-state index in [1.54, 1.807) is 0 Å². The van der Waals surface area contributed by atoms with Gasteiger partial charge in [-0.3, -0.25) is 0 Å². The Labute approximate surface area is 107 Å². The standard InChI is InChI=1S/C6H5BF2O2.C4H9.Li/c8-5-3-1-2-4(6(5)9)7(10)11;1-3-4-2;/h1-3,10-11H;1,3-4H2,2H3;/q;-1;+1. The summed E-state index contributed by atoms with van der Waals surface area (Å²) in [7, 11) is -1.97. The molecule has 16 heavy (non-hydrogen) atoms. The maximum Gasteiger partial charge on any atom is 1.00 e. The van der Waals surface area contributed by atoms with Gasteiger partial charge in [-0.2, -0.15) is 6.42 Å². The molecular formula is C10H14BF2LiO2. The van der Waals surface area contributed by atoms with Crippen molar-refractivity contribution in [3.63, 3.8) is 0 Å². The first-order valence-electron chi connectivity index (χ1n) is 4.63. The van der Waals surface area contributed by atoms with E-state index in [1.165, 1.54) is 12.5 Å². The van der Waals surface area contributed by atoms with E-state index in [4.69, 9.17) is 10.0 Å². The van der Waals surface area contributed by atoms with E-state index in [-0.39, 0.29) is 18.9 Å². The first kappa shape index (κ1) is 18.0. The number of benzene rings is 1. The summed E-state index contributed by atoms with van der Waals surface area (Å²) in [5, 5.41) is 17.0. The summed E-state index contributed by atoms with van der Waals surface area (Å²) >= 11 is 0. The van der Waals surface area contributed by atoms with Gasteiger partial charge in [-0.05, 0) is 6.07 Å². The molecule has 0 aliphatic rings. The predicted octanol–water partition coefficient (Wildman–Crippen LogP) is -1.73. The summed E-state index contributed by atoms with van der Waals surface area (Å²) in [4.78, 5) is 0. The third kappa shape index (κ3) is 6.29. The number of unbranched alkanes of at least 4 members (excludes halogenated alkanes) is 1. The van der Waals surface area contributed by atoms with Crippen LogP contribution in [-0.2, 0) is 0 Å². The molecule has 0 bridgehead atoms. The molecule has 0 aromatic heterocycles. The largest absolute Gasteiger partial charge is 1.00 e. The van der Waals surface area contributed by atoms with Crippen LogP contribution in [0.25, 0.3) is 0 Å². The second kappa shape index (κ2) is 9.86. The molecule has 2 N–H and O–H groups in total. The van der Waals surface area contributed by atoms with Crippen molar-refractivity contribution < 1.29 is 37.7 Å². The fourth-order valence-corrected chi connectivity index (χ4v) is 0.720. The number of hydrogen-bond acceptors (Lipinski definition) is 2. The minimum atomic E-state index is -1.97. The van der Waals surface area contributed by atoms with Crippen molar-refractivity contribution in [2.24, 2.45) is 0 Å². The van der Waals surface area contributed by atoms with Crippen molar-refractivity contribution in [1.29, 1.82) is 0 Å². The molecule has 0 unspecified atom stereocenters. The van der Waals surface area contributed by atoms with Crippen LogP contribution < -0.4 is 24.3 Å². The van der Waals surface area contributed by atoms with Gasteiger partial charge in [-0.15, -0.1) is 0 Å². The van der Waals surface area contributed by atoms with Crippen LogP contribution in [0.5, 0.6) is 0 Å². The Hall–Kier alpha value is -0.338. The Morgan fingerprint density at radius 3 is 2.12 bits per heavy atom. The summed E-state index contributed by atoms with van der Waals surface area (Å²) in [6, 6.07) is 3.21. The number of halogens is 2. The zero-order valence-corrected chi connectivity index (χ0v) is 9.58. The zero-order chi connectivity index (χ0) is 11.8. The van der Waals surface area contributed by atoms with E-state index >= 15 is 0 Å². The number of hydrogen-bond donors (Lipinski definition) is 2. The van der Waals surface area contributed by atoms with E-state index < -0.39 is 24.2 Å². The summed E-state index contributed by atoms with van der Waals surface area (Å²) in [6.07, 6.45) is 2.28. The van der Waals surface area contributed by atoms with Gasteiger partial charge in [0, 0.05) is 5.46 Å². The van der Waals surface area contributed by atoms with Gasteiger partial charge >= 0.3 is 26.0 Å². The molecule has 1 rings (SSSR count). The smallest absolute Gasteiger partial charge is 0.423 e. The molecule has 1 aromatic rings. The SMILES string of the molecule is OB(O)c1cccc(F)c1F.[CH2-]CCC.[Li+]. The average Bonchev–Trinajstić information content (AvgIpc) is 2.22. The molecule has 0 atom stereocenters. The summed E-state index contributed by atoms with van der Waals surface area (Å²) in [5.41, 5.74) is -0.454. The second-order valence-electron chi connectivity index (χ2n) is 2.87. The van der Waals surface area contributed by atoms with Crippen molar-refractivity contribution in [3.05, 3.63) is 36.8 Å². The molecule has 0 aliphatic carbocycles. The molecule has 0 amide bonds. The fraction of sp³-hybridized carbons (Fsp3) is 0.300. The molecule has 2 nitrogen and oxygen atoms in total. The summed E-state index contributed by atoms with van der Waals surface area (Å²) in [5.74, 6) is -2.31. The minimum Gasteiger partial charge on any atom is -0.423 e. The maximum absolute atomic E-state index is 12.6. The maximum atomic E-state index is 12.6. The van der Waals surface area contributed by atoms with Crippen LogP contribution in [0.4, 0.5) is 8.78 Å². The molecule has 0 saturated heterocycles. The van der Waals surface area contributed by atoms with Crippen LogP contribution in [-0.4, -0.2) is 17.2 Å². The normalized spacial score (nSPS) is 8.62. The first-order chi connectivity index (χ1) is 7.04. The fourth-order valence-electron chi connectivity index (χ4n) is 0.720. The van der Waals surface area contributed by atoms with Crippen molar-refractivity contribution in [1.82, 2.24) is 0 Å². The average molecular weight is 222 g/mol. The van der Waals surface area contributed by atoms with Gasteiger partial charge in [-0.25, -0.2) is 8.78 Å². The quantitative estimate of drug-likeness (QED) is 0.461. The van der Waals surface area contributed by atoms with Gasteiger partial charge < -0.3 is 17.0 Å². The van der Waals surface area contributed by atoms with E-state index in [0.29, 0.717) is 0 Å². The Morgan fingerprint density at radius 2 is 1.81 bits per heavy atom. The third-order valence-electron chi connectivity index (χ3n) is 1.61. The molecular weight excluding hydrogens is 208 g/mol. The Kier molecular flexibility index (Phi) is 11.1. The molecule has 0 aliphatic heterocycles. The first-order valence-corrected chi connectivity index (χ1v) is 4.63. The van der Waals surface area contributed by atoms with Gasteiger partial charge in [-0.1, -0.05) is 25.5 Å². The van der Waals surface area contributed by atoms with Crippen molar-refractivity contribution >= 4 is 12.6 Å². The van der Waals surface area contributed by atoms with E-state index in [1.807, 2.05) is 0 Å². The van der Waals surface area contributed by atoms with Gasteiger partial charge in [0.05, 0.1) is 0 Å². The molecule has 6 heteroatoms. The van der Waals surface area contributed by atoms with Crippen LogP contribution in [0.3, 0.4) is 0 Å². The third-order valence-corrected chi connectivity index (χ3v) is 1.61. The zero-order valence-electron chi connectivity index (χ0n) is 9.58. The Morgan fingerprint density at radius 1 is 1.31 bits per heavy atom. The topological polar surface area (TPSA) is 40.5 Å². The molecule has 0 radical (unpaired) electrons. The molecule has 0 saturated carbocycles. The summed E-state index contributed by atoms with van der Waals surface area (Å²) in [6.45, 7) is 5.72. The van der Waals surface area contributed by atoms with Crippen LogP contribution in [0.1, 0.15) is 19.8 Å². The van der Waals surface area contributed by atoms with Crippen LogP contribution in [0, 0.1) is 18.6 Å². The van der Waals surface area contributed by atoms with E-state index in [0.717, 1.165) is 18.6 Å². The van der Waals surface area contributed by atoms with Crippen molar-refractivity contribution in [3.8, 4) is 0 Å². The van der Waals surface area contributed by atoms with Crippen LogP contribution in [0.2, 0.25) is 0 Å². The molecule has 84 valence electrons.